The summed E-state index contributed by atoms with van der Waals surface area (Å²) in [6.45, 7) is 2.11. The largest absolute Gasteiger partial charge is 0.292 e. The molecule has 0 saturated carbocycles. The van der Waals surface area contributed by atoms with Crippen molar-refractivity contribution >= 4 is 53.4 Å². The fourth-order valence-corrected chi connectivity index (χ4v) is 6.04. The molecule has 0 amide bonds. The van der Waals surface area contributed by atoms with E-state index < -0.39 is 0 Å². The minimum atomic E-state index is 0.921. The molecule has 3 aromatic carbocycles. The van der Waals surface area contributed by atoms with Gasteiger partial charge in [0.05, 0.1) is 22.2 Å². The zero-order valence-corrected chi connectivity index (χ0v) is 18.8. The van der Waals surface area contributed by atoms with Crippen LogP contribution in [0.3, 0.4) is 0 Å². The van der Waals surface area contributed by atoms with Gasteiger partial charge in [-0.05, 0) is 48.9 Å². The molecule has 4 heterocycles. The van der Waals surface area contributed by atoms with Crippen LogP contribution < -0.4 is 0 Å². The summed E-state index contributed by atoms with van der Waals surface area (Å²) in [4.78, 5) is 9.94. The molecule has 33 heavy (non-hydrogen) atoms. The maximum absolute atomic E-state index is 5.22. The van der Waals surface area contributed by atoms with E-state index in [0.29, 0.717) is 0 Å². The van der Waals surface area contributed by atoms with Gasteiger partial charge in [0.25, 0.3) is 0 Å². The highest BCUT2D eigenvalue weighted by Crippen LogP contribution is 2.42. The molecule has 0 aliphatic carbocycles. The molecule has 4 heteroatoms. The van der Waals surface area contributed by atoms with Gasteiger partial charge >= 0.3 is 0 Å². The van der Waals surface area contributed by atoms with Crippen molar-refractivity contribution in [2.75, 3.05) is 0 Å². The molecule has 0 saturated heterocycles. The third-order valence-corrected chi connectivity index (χ3v) is 7.52. The molecule has 0 aliphatic rings. The van der Waals surface area contributed by atoms with E-state index in [1.807, 2.05) is 29.7 Å². The zero-order chi connectivity index (χ0) is 21.9. The lowest BCUT2D eigenvalue weighted by atomic mass is 10.1. The van der Waals surface area contributed by atoms with Gasteiger partial charge < -0.3 is 0 Å². The molecule has 0 fully saturated rings. The highest BCUT2D eigenvalue weighted by atomic mass is 32.1. The van der Waals surface area contributed by atoms with Crippen LogP contribution in [-0.4, -0.2) is 14.5 Å². The molecule has 4 aromatic heterocycles. The van der Waals surface area contributed by atoms with Crippen molar-refractivity contribution in [1.82, 2.24) is 14.5 Å². The summed E-state index contributed by atoms with van der Waals surface area (Å²) >= 11 is 1.85. The van der Waals surface area contributed by atoms with Gasteiger partial charge in [-0.2, -0.15) is 0 Å². The fraction of sp³-hybridized carbons (Fsp3) is 0.0345. The standard InChI is InChI=1S/C29H19N3S/c1-18-15-16-30-26(17-18)32-23-13-11-21-20-9-5-6-10-25(20)33-29(21)27(23)28-24(32)14-12-22(31-28)19-7-3-2-4-8-19/h2-17H,1H3. The SMILES string of the molecule is Cc1ccnc(-n2c3ccc(-c4ccccc4)nc3c3c4sc5ccccc5c4ccc32)c1. The normalized spacial score (nSPS) is 11.8. The van der Waals surface area contributed by atoms with Gasteiger partial charge in [-0.1, -0.05) is 54.6 Å². The Kier molecular flexibility index (Phi) is 3.93. The number of nitrogens with zero attached hydrogens (tertiary/aromatic N) is 3. The maximum Gasteiger partial charge on any atom is 0.137 e. The molecule has 0 spiro atoms. The molecule has 156 valence electrons. The number of aryl methyl sites for hydroxylation is 1. The first-order valence-corrected chi connectivity index (χ1v) is 11.8. The van der Waals surface area contributed by atoms with E-state index in [1.54, 1.807) is 0 Å². The van der Waals surface area contributed by atoms with Crippen LogP contribution in [0, 0.1) is 6.92 Å². The summed E-state index contributed by atoms with van der Waals surface area (Å²) < 4.78 is 4.83. The Bertz CT molecular complexity index is 1830. The highest BCUT2D eigenvalue weighted by molar-refractivity contribution is 7.26. The summed E-state index contributed by atoms with van der Waals surface area (Å²) in [6.07, 6.45) is 1.88. The number of benzene rings is 3. The van der Waals surface area contributed by atoms with Crippen molar-refractivity contribution in [2.45, 2.75) is 6.92 Å². The van der Waals surface area contributed by atoms with Crippen LogP contribution >= 0.6 is 11.3 Å². The van der Waals surface area contributed by atoms with E-state index in [9.17, 15) is 0 Å². The molecule has 0 unspecified atom stereocenters. The van der Waals surface area contributed by atoms with Crippen LogP contribution in [0.15, 0.2) is 97.2 Å². The summed E-state index contributed by atoms with van der Waals surface area (Å²) in [6, 6.07) is 32.0. The van der Waals surface area contributed by atoms with Crippen LogP contribution in [-0.2, 0) is 0 Å². The van der Waals surface area contributed by atoms with E-state index in [1.165, 1.54) is 31.1 Å². The summed E-state index contributed by atoms with van der Waals surface area (Å²) in [5.74, 6) is 0.921. The van der Waals surface area contributed by atoms with E-state index in [-0.39, 0.29) is 0 Å². The lowest BCUT2D eigenvalue weighted by Crippen LogP contribution is -1.97. The van der Waals surface area contributed by atoms with Gasteiger partial charge in [0, 0.05) is 37.3 Å². The van der Waals surface area contributed by atoms with E-state index in [2.05, 4.69) is 90.4 Å². The second kappa shape index (κ2) is 6.99. The Morgan fingerprint density at radius 2 is 1.58 bits per heavy atom. The van der Waals surface area contributed by atoms with E-state index >= 15 is 0 Å². The molecular weight excluding hydrogens is 422 g/mol. The van der Waals surface area contributed by atoms with Crippen molar-refractivity contribution < 1.29 is 0 Å². The Morgan fingerprint density at radius 3 is 2.45 bits per heavy atom. The molecule has 0 bridgehead atoms. The first-order chi connectivity index (χ1) is 16.3. The molecular formula is C29H19N3S. The summed E-state index contributed by atoms with van der Waals surface area (Å²) in [7, 11) is 0. The average Bonchev–Trinajstić information content (AvgIpc) is 3.39. The van der Waals surface area contributed by atoms with Gasteiger partial charge in [-0.15, -0.1) is 11.3 Å². The first kappa shape index (κ1) is 18.5. The smallest absolute Gasteiger partial charge is 0.137 e. The third kappa shape index (κ3) is 2.74. The number of pyridine rings is 2. The Labute approximate surface area is 194 Å². The predicted octanol–water partition coefficient (Wildman–Crippen LogP) is 7.92. The highest BCUT2D eigenvalue weighted by Gasteiger charge is 2.19. The second-order valence-electron chi connectivity index (χ2n) is 8.39. The second-order valence-corrected chi connectivity index (χ2v) is 9.44. The van der Waals surface area contributed by atoms with Crippen molar-refractivity contribution in [3.63, 3.8) is 0 Å². The van der Waals surface area contributed by atoms with Gasteiger partial charge in [-0.3, -0.25) is 4.57 Å². The average molecular weight is 442 g/mol. The van der Waals surface area contributed by atoms with E-state index in [4.69, 9.17) is 9.97 Å². The van der Waals surface area contributed by atoms with Gasteiger partial charge in [-0.25, -0.2) is 9.97 Å². The molecule has 0 radical (unpaired) electrons. The zero-order valence-electron chi connectivity index (χ0n) is 18.0. The van der Waals surface area contributed by atoms with Crippen LogP contribution in [0.25, 0.3) is 59.2 Å². The van der Waals surface area contributed by atoms with Crippen LogP contribution in [0.1, 0.15) is 5.56 Å². The molecule has 7 rings (SSSR count). The molecule has 0 aliphatic heterocycles. The molecule has 7 aromatic rings. The number of fused-ring (bicyclic) bond motifs is 7. The summed E-state index contributed by atoms with van der Waals surface area (Å²) in [5.41, 5.74) is 6.53. The molecule has 0 atom stereocenters. The Hall–Kier alpha value is -4.02. The Morgan fingerprint density at radius 1 is 0.758 bits per heavy atom. The molecule has 0 N–H and O–H groups in total. The predicted molar refractivity (Wildman–Crippen MR) is 139 cm³/mol. The monoisotopic (exact) mass is 441 g/mol. The third-order valence-electron chi connectivity index (χ3n) is 6.32. The van der Waals surface area contributed by atoms with Gasteiger partial charge in [0.2, 0.25) is 0 Å². The molecule has 3 nitrogen and oxygen atoms in total. The van der Waals surface area contributed by atoms with Crippen LogP contribution in [0.2, 0.25) is 0 Å². The number of aromatic nitrogens is 3. The van der Waals surface area contributed by atoms with E-state index in [0.717, 1.165) is 33.6 Å². The van der Waals surface area contributed by atoms with Crippen molar-refractivity contribution in [1.29, 1.82) is 0 Å². The number of rotatable bonds is 2. The summed E-state index contributed by atoms with van der Waals surface area (Å²) in [5, 5.41) is 3.78. The van der Waals surface area contributed by atoms with Crippen molar-refractivity contribution in [2.24, 2.45) is 0 Å². The quantitative estimate of drug-likeness (QED) is 0.273. The maximum atomic E-state index is 5.22. The fourth-order valence-electron chi connectivity index (χ4n) is 4.80. The number of thiophene rings is 1. The van der Waals surface area contributed by atoms with Crippen LogP contribution in [0.5, 0.6) is 0 Å². The van der Waals surface area contributed by atoms with Gasteiger partial charge in [0.1, 0.15) is 5.82 Å². The lowest BCUT2D eigenvalue weighted by Gasteiger charge is -2.07. The number of hydrogen-bond donors (Lipinski definition) is 0. The van der Waals surface area contributed by atoms with Crippen LogP contribution in [0.4, 0.5) is 0 Å². The topological polar surface area (TPSA) is 30.7 Å². The lowest BCUT2D eigenvalue weighted by molar-refractivity contribution is 1.07. The van der Waals surface area contributed by atoms with Gasteiger partial charge in [0.15, 0.2) is 0 Å². The number of hydrogen-bond acceptors (Lipinski definition) is 3. The van der Waals surface area contributed by atoms with Crippen molar-refractivity contribution in [3.8, 4) is 17.1 Å². The van der Waals surface area contributed by atoms with Crippen molar-refractivity contribution in [3.05, 3.63) is 103 Å². The minimum absolute atomic E-state index is 0.921. The minimum Gasteiger partial charge on any atom is -0.292 e. The Balaban J connectivity index is 1.67. The first-order valence-electron chi connectivity index (χ1n) is 11.0.